The number of para-hydroxylation sites is 3. The van der Waals surface area contributed by atoms with Crippen molar-refractivity contribution >= 4 is 43.7 Å². The van der Waals surface area contributed by atoms with Gasteiger partial charge in [-0.3, -0.25) is 4.57 Å². The molecule has 0 aliphatic heterocycles. The molecule has 9 aromatic rings. The van der Waals surface area contributed by atoms with Gasteiger partial charge in [0.2, 0.25) is 0 Å². The summed E-state index contributed by atoms with van der Waals surface area (Å²) in [5.74, 6) is 1.46. The Morgan fingerprint density at radius 2 is 1.14 bits per heavy atom. The second-order valence-corrected chi connectivity index (χ2v) is 16.2. The third kappa shape index (κ3) is 5.28. The average molecular weight is 731 g/mol. The van der Waals surface area contributed by atoms with E-state index in [1.165, 1.54) is 66.1 Å². The van der Waals surface area contributed by atoms with Crippen LogP contribution in [-0.2, 0) is 0 Å². The largest absolute Gasteiger partial charge is 0.292 e. The molecule has 0 spiro atoms. The van der Waals surface area contributed by atoms with E-state index in [9.17, 15) is 0 Å². The Morgan fingerprint density at radius 3 is 1.96 bits per heavy atom. The number of imidazole rings is 1. The van der Waals surface area contributed by atoms with Gasteiger partial charge in [-0.2, -0.15) is 0 Å². The molecule has 11 rings (SSSR count). The lowest BCUT2D eigenvalue weighted by molar-refractivity contribution is 0.288. The van der Waals surface area contributed by atoms with Crippen LogP contribution in [0.25, 0.3) is 60.8 Å². The van der Waals surface area contributed by atoms with Crippen LogP contribution < -0.4 is 0 Å². The molecule has 1 aromatic heterocycles. The average Bonchev–Trinajstić information content (AvgIpc) is 3.65. The van der Waals surface area contributed by atoms with Gasteiger partial charge in [0.15, 0.2) is 0 Å². The summed E-state index contributed by atoms with van der Waals surface area (Å²) in [5, 5.41) is 5.20. The maximum absolute atomic E-state index is 5.17. The first-order valence-electron chi connectivity index (χ1n) is 20.2. The third-order valence-electron chi connectivity index (χ3n) is 12.9. The molecule has 2 aliphatic rings. The minimum Gasteiger partial charge on any atom is -0.292 e. The standard InChI is InChI=1S/C55H42N2/c1-36-35-55(2)49(34-48(36)39-30-32-40(33-31-39)54-56-50-28-12-13-29-51(50)57(54)41-20-4-3-5-21-41)52(44-26-14-18-37-16-6-8-22-42(37)44)45-24-10-11-25-47(45)53(55)46-27-15-19-38-17-7-9-23-43(38)46/h3-34,36,53H,35H2,1-2H3/t36?,53?,55-/m1/s1. The second-order valence-electron chi connectivity index (χ2n) is 16.2. The van der Waals surface area contributed by atoms with E-state index < -0.39 is 0 Å². The summed E-state index contributed by atoms with van der Waals surface area (Å²) in [6.07, 6.45) is 3.61. The summed E-state index contributed by atoms with van der Waals surface area (Å²) in [6.45, 7) is 4.99. The van der Waals surface area contributed by atoms with Crippen LogP contribution in [0.2, 0.25) is 0 Å². The molecule has 0 saturated carbocycles. The molecule has 0 radical (unpaired) electrons. The van der Waals surface area contributed by atoms with Crippen molar-refractivity contribution in [2.45, 2.75) is 26.2 Å². The molecule has 272 valence electrons. The molecule has 1 heterocycles. The number of benzene rings is 8. The van der Waals surface area contributed by atoms with Gasteiger partial charge >= 0.3 is 0 Å². The lowest BCUT2D eigenvalue weighted by atomic mass is 9.53. The maximum atomic E-state index is 5.17. The van der Waals surface area contributed by atoms with Crippen molar-refractivity contribution in [2.75, 3.05) is 0 Å². The zero-order valence-electron chi connectivity index (χ0n) is 32.2. The highest BCUT2D eigenvalue weighted by Gasteiger charge is 2.48. The molecule has 0 bridgehead atoms. The Morgan fingerprint density at radius 1 is 0.544 bits per heavy atom. The SMILES string of the molecule is CC1C[C@]2(C)C(=C(c3cccc4ccccc34)c3ccccc3C2c2cccc3ccccc23)C=C1c1ccc(-c2nc3ccccc3n2-c2ccccc2)cc1. The van der Waals surface area contributed by atoms with Gasteiger partial charge in [0, 0.05) is 22.6 Å². The van der Waals surface area contributed by atoms with Crippen molar-refractivity contribution in [3.05, 3.63) is 228 Å². The summed E-state index contributed by atoms with van der Waals surface area (Å²) >= 11 is 0. The number of hydrogen-bond acceptors (Lipinski definition) is 1. The normalized spacial score (nSPS) is 19.1. The Bertz CT molecular complexity index is 3060. The van der Waals surface area contributed by atoms with Crippen LogP contribution >= 0.6 is 0 Å². The first kappa shape index (κ1) is 33.6. The lowest BCUT2D eigenvalue weighted by Crippen LogP contribution is -2.37. The summed E-state index contributed by atoms with van der Waals surface area (Å²) < 4.78 is 2.28. The van der Waals surface area contributed by atoms with E-state index in [0.29, 0.717) is 5.92 Å². The highest BCUT2D eigenvalue weighted by atomic mass is 15.1. The number of hydrogen-bond donors (Lipinski definition) is 0. The number of fused-ring (bicyclic) bond motifs is 5. The highest BCUT2D eigenvalue weighted by Crippen LogP contribution is 2.62. The predicted molar refractivity (Wildman–Crippen MR) is 239 cm³/mol. The molecule has 3 atom stereocenters. The molecule has 2 aliphatic carbocycles. The predicted octanol–water partition coefficient (Wildman–Crippen LogP) is 14.1. The Balaban J connectivity index is 1.13. The minimum absolute atomic E-state index is 0.172. The Kier molecular flexibility index (Phi) is 7.76. The van der Waals surface area contributed by atoms with Gasteiger partial charge in [-0.1, -0.05) is 184 Å². The monoisotopic (exact) mass is 730 g/mol. The van der Waals surface area contributed by atoms with Crippen LogP contribution in [0.1, 0.15) is 54.0 Å². The molecule has 0 amide bonds. The van der Waals surface area contributed by atoms with Gasteiger partial charge < -0.3 is 0 Å². The molecule has 2 nitrogen and oxygen atoms in total. The zero-order chi connectivity index (χ0) is 38.1. The van der Waals surface area contributed by atoms with Crippen LogP contribution in [0.5, 0.6) is 0 Å². The summed E-state index contributed by atoms with van der Waals surface area (Å²) in [7, 11) is 0. The van der Waals surface area contributed by atoms with Crippen LogP contribution in [0.4, 0.5) is 0 Å². The first-order chi connectivity index (χ1) is 28.1. The van der Waals surface area contributed by atoms with Crippen LogP contribution in [0.3, 0.4) is 0 Å². The molecule has 0 fully saturated rings. The number of nitrogens with zero attached hydrogens (tertiary/aromatic N) is 2. The summed E-state index contributed by atoms with van der Waals surface area (Å²) in [4.78, 5) is 5.17. The topological polar surface area (TPSA) is 17.8 Å². The zero-order valence-corrected chi connectivity index (χ0v) is 32.2. The summed E-state index contributed by atoms with van der Waals surface area (Å²) in [6, 6.07) is 69.0. The van der Waals surface area contributed by atoms with Crippen LogP contribution in [0, 0.1) is 11.3 Å². The highest BCUT2D eigenvalue weighted by molar-refractivity contribution is 6.02. The van der Waals surface area contributed by atoms with Gasteiger partial charge in [0.05, 0.1) is 11.0 Å². The van der Waals surface area contributed by atoms with Crippen molar-refractivity contribution in [3.8, 4) is 17.1 Å². The van der Waals surface area contributed by atoms with Crippen molar-refractivity contribution in [1.29, 1.82) is 0 Å². The third-order valence-corrected chi connectivity index (χ3v) is 12.9. The van der Waals surface area contributed by atoms with Crippen LogP contribution in [0.15, 0.2) is 200 Å². The van der Waals surface area contributed by atoms with Gasteiger partial charge in [-0.15, -0.1) is 0 Å². The smallest absolute Gasteiger partial charge is 0.145 e. The lowest BCUT2D eigenvalue weighted by Gasteiger charge is -2.50. The van der Waals surface area contributed by atoms with Crippen molar-refractivity contribution < 1.29 is 0 Å². The Hall–Kier alpha value is -6.77. The van der Waals surface area contributed by atoms with Gasteiger partial charge in [-0.25, -0.2) is 4.98 Å². The molecule has 0 N–H and O–H groups in total. The molecule has 8 aromatic carbocycles. The minimum atomic E-state index is -0.172. The number of rotatable bonds is 5. The van der Waals surface area contributed by atoms with E-state index in [1.54, 1.807) is 0 Å². The molecular weight excluding hydrogens is 689 g/mol. The fourth-order valence-electron chi connectivity index (χ4n) is 10.4. The van der Waals surface area contributed by atoms with Gasteiger partial charge in [0.1, 0.15) is 5.82 Å². The van der Waals surface area contributed by atoms with Crippen molar-refractivity contribution in [3.63, 3.8) is 0 Å². The number of aromatic nitrogens is 2. The second kappa shape index (κ2) is 13.2. The van der Waals surface area contributed by atoms with E-state index in [0.717, 1.165) is 34.5 Å². The van der Waals surface area contributed by atoms with Crippen LogP contribution in [-0.4, -0.2) is 9.55 Å². The molecular formula is C55H42N2. The maximum Gasteiger partial charge on any atom is 0.145 e. The van der Waals surface area contributed by atoms with Crippen molar-refractivity contribution in [1.82, 2.24) is 9.55 Å². The van der Waals surface area contributed by atoms with Crippen molar-refractivity contribution in [2.24, 2.45) is 11.3 Å². The van der Waals surface area contributed by atoms with E-state index in [2.05, 4.69) is 213 Å². The summed E-state index contributed by atoms with van der Waals surface area (Å²) in [5.41, 5.74) is 15.0. The first-order valence-corrected chi connectivity index (χ1v) is 20.2. The Labute approximate surface area is 334 Å². The van der Waals surface area contributed by atoms with E-state index in [1.807, 2.05) is 0 Å². The van der Waals surface area contributed by atoms with E-state index >= 15 is 0 Å². The number of allylic oxidation sites excluding steroid dienone is 3. The fourth-order valence-corrected chi connectivity index (χ4v) is 10.4. The molecule has 2 unspecified atom stereocenters. The molecule has 2 heteroatoms. The van der Waals surface area contributed by atoms with E-state index in [4.69, 9.17) is 4.98 Å². The fraction of sp³-hybridized carbons (Fsp3) is 0.109. The van der Waals surface area contributed by atoms with E-state index in [-0.39, 0.29) is 11.3 Å². The quantitative estimate of drug-likeness (QED) is 0.172. The van der Waals surface area contributed by atoms with Gasteiger partial charge in [-0.05, 0) is 103 Å². The molecule has 0 saturated heterocycles. The molecule has 57 heavy (non-hydrogen) atoms. The van der Waals surface area contributed by atoms with Gasteiger partial charge in [0.25, 0.3) is 0 Å².